The molecule has 0 bridgehead atoms. The number of hydrogen-bond donors (Lipinski definition) is 0. The summed E-state index contributed by atoms with van der Waals surface area (Å²) in [7, 11) is 0. The van der Waals surface area contributed by atoms with E-state index in [2.05, 4.69) is 0 Å². The summed E-state index contributed by atoms with van der Waals surface area (Å²) in [6.45, 7) is 9.14. The summed E-state index contributed by atoms with van der Waals surface area (Å²) in [6, 6.07) is 7.91. The minimum absolute atomic E-state index is 0.119. The molecule has 0 aliphatic heterocycles. The van der Waals surface area contributed by atoms with Gasteiger partial charge in [0.15, 0.2) is 0 Å². The average Bonchev–Trinajstić information content (AvgIpc) is 2.39. The van der Waals surface area contributed by atoms with E-state index in [1.807, 2.05) is 58.0 Å². The second-order valence-corrected chi connectivity index (χ2v) is 5.80. The normalized spacial score (nSPS) is 10.3. The van der Waals surface area contributed by atoms with Gasteiger partial charge in [-0.25, -0.2) is 0 Å². The number of benzene rings is 1. The number of rotatable bonds is 8. The second kappa shape index (κ2) is 9.22. The fraction of sp³-hybridized carbons (Fsp3) is 0.500. The first kappa shape index (κ1) is 17.3. The molecule has 0 N–H and O–H groups in total. The molecule has 3 heteroatoms. The van der Waals surface area contributed by atoms with E-state index in [0.717, 1.165) is 17.7 Å². The van der Waals surface area contributed by atoms with Crippen molar-refractivity contribution in [3.63, 3.8) is 0 Å². The van der Waals surface area contributed by atoms with Gasteiger partial charge in [-0.1, -0.05) is 31.6 Å². The lowest BCUT2D eigenvalue weighted by molar-refractivity contribution is -0.144. The van der Waals surface area contributed by atoms with E-state index in [0.29, 0.717) is 25.6 Å². The van der Waals surface area contributed by atoms with Crippen molar-refractivity contribution in [2.24, 2.45) is 5.92 Å². The molecule has 0 aromatic heterocycles. The molecule has 0 aliphatic rings. The molecule has 0 saturated heterocycles. The summed E-state index contributed by atoms with van der Waals surface area (Å²) < 4.78 is 10.8. The van der Waals surface area contributed by atoms with Crippen molar-refractivity contribution in [3.8, 4) is 5.75 Å². The van der Waals surface area contributed by atoms with Crippen LogP contribution < -0.4 is 4.74 Å². The van der Waals surface area contributed by atoms with Gasteiger partial charge in [0.1, 0.15) is 12.4 Å². The van der Waals surface area contributed by atoms with Gasteiger partial charge in [0.2, 0.25) is 0 Å². The highest BCUT2D eigenvalue weighted by Gasteiger charge is 2.05. The lowest BCUT2D eigenvalue weighted by Gasteiger charge is -2.08. The van der Waals surface area contributed by atoms with E-state index >= 15 is 0 Å². The van der Waals surface area contributed by atoms with Crippen LogP contribution in [-0.2, 0) is 16.0 Å². The lowest BCUT2D eigenvalue weighted by atomic mass is 10.1. The number of allylic oxidation sites excluding steroid dienone is 1. The SMILES string of the molecule is CC(C)=CCOc1ccc(CCOC(=O)CC(C)C)cc1. The Labute approximate surface area is 128 Å². The predicted molar refractivity (Wildman–Crippen MR) is 85.5 cm³/mol. The van der Waals surface area contributed by atoms with Crippen LogP contribution in [0, 0.1) is 5.92 Å². The Morgan fingerprint density at radius 1 is 1.19 bits per heavy atom. The van der Waals surface area contributed by atoms with Gasteiger partial charge in [-0.3, -0.25) is 4.79 Å². The molecular weight excluding hydrogens is 264 g/mol. The highest BCUT2D eigenvalue weighted by atomic mass is 16.5. The van der Waals surface area contributed by atoms with Crippen molar-refractivity contribution >= 4 is 5.97 Å². The molecule has 3 nitrogen and oxygen atoms in total. The zero-order valence-electron chi connectivity index (χ0n) is 13.5. The molecule has 0 amide bonds. The maximum atomic E-state index is 11.4. The predicted octanol–water partition coefficient (Wildman–Crippen LogP) is 4.16. The standard InChI is InChI=1S/C18H26O3/c1-14(2)9-11-20-17-7-5-16(6-8-17)10-12-21-18(19)13-15(3)4/h5-9,15H,10-13H2,1-4H3. The second-order valence-electron chi connectivity index (χ2n) is 5.80. The zero-order valence-corrected chi connectivity index (χ0v) is 13.5. The van der Waals surface area contributed by atoms with Crippen LogP contribution in [0.3, 0.4) is 0 Å². The van der Waals surface area contributed by atoms with Gasteiger partial charge >= 0.3 is 5.97 Å². The molecule has 0 atom stereocenters. The number of esters is 1. The van der Waals surface area contributed by atoms with Gasteiger partial charge in [0.05, 0.1) is 6.61 Å². The first-order chi connectivity index (χ1) is 9.97. The maximum Gasteiger partial charge on any atom is 0.306 e. The Balaban J connectivity index is 2.31. The fourth-order valence-electron chi connectivity index (χ4n) is 1.73. The van der Waals surface area contributed by atoms with Gasteiger partial charge in [-0.15, -0.1) is 0 Å². The van der Waals surface area contributed by atoms with Gasteiger partial charge < -0.3 is 9.47 Å². The molecule has 116 valence electrons. The zero-order chi connectivity index (χ0) is 15.7. The summed E-state index contributed by atoms with van der Waals surface area (Å²) >= 11 is 0. The average molecular weight is 290 g/mol. The summed E-state index contributed by atoms with van der Waals surface area (Å²) in [5.74, 6) is 1.08. The molecule has 1 aromatic rings. The third kappa shape index (κ3) is 8.18. The highest BCUT2D eigenvalue weighted by Crippen LogP contribution is 2.13. The number of hydrogen-bond acceptors (Lipinski definition) is 3. The molecule has 1 aromatic carbocycles. The molecule has 0 radical (unpaired) electrons. The molecule has 0 aliphatic carbocycles. The number of carbonyl (C=O) groups excluding carboxylic acids is 1. The van der Waals surface area contributed by atoms with Crippen LogP contribution in [0.5, 0.6) is 5.75 Å². The topological polar surface area (TPSA) is 35.5 Å². The molecule has 0 saturated carbocycles. The molecular formula is C18H26O3. The Morgan fingerprint density at radius 3 is 2.43 bits per heavy atom. The van der Waals surface area contributed by atoms with Crippen LogP contribution in [0.4, 0.5) is 0 Å². The Morgan fingerprint density at radius 2 is 1.86 bits per heavy atom. The van der Waals surface area contributed by atoms with Crippen molar-refractivity contribution in [1.29, 1.82) is 0 Å². The van der Waals surface area contributed by atoms with E-state index in [4.69, 9.17) is 9.47 Å². The molecule has 0 heterocycles. The minimum atomic E-state index is -0.119. The molecule has 0 fully saturated rings. The molecule has 0 unspecified atom stereocenters. The largest absolute Gasteiger partial charge is 0.490 e. The van der Waals surface area contributed by atoms with E-state index in [1.54, 1.807) is 0 Å². The van der Waals surface area contributed by atoms with Crippen LogP contribution in [0.2, 0.25) is 0 Å². The van der Waals surface area contributed by atoms with E-state index in [-0.39, 0.29) is 5.97 Å². The first-order valence-corrected chi connectivity index (χ1v) is 7.48. The van der Waals surface area contributed by atoms with Crippen LogP contribution in [0.25, 0.3) is 0 Å². The molecule has 21 heavy (non-hydrogen) atoms. The third-order valence-corrected chi connectivity index (χ3v) is 2.89. The third-order valence-electron chi connectivity index (χ3n) is 2.89. The van der Waals surface area contributed by atoms with Gasteiger partial charge in [-0.05, 0) is 43.5 Å². The summed E-state index contributed by atoms with van der Waals surface area (Å²) in [5, 5.41) is 0. The quantitative estimate of drug-likeness (QED) is 0.532. The Kier molecular flexibility index (Phi) is 7.59. The summed E-state index contributed by atoms with van der Waals surface area (Å²) in [6.07, 6.45) is 3.26. The molecule has 0 spiro atoms. The molecule has 1 rings (SSSR count). The number of ether oxygens (including phenoxy) is 2. The lowest BCUT2D eigenvalue weighted by Crippen LogP contribution is -2.10. The van der Waals surface area contributed by atoms with Crippen molar-refractivity contribution < 1.29 is 14.3 Å². The van der Waals surface area contributed by atoms with Gasteiger partial charge in [-0.2, -0.15) is 0 Å². The van der Waals surface area contributed by atoms with E-state index in [1.165, 1.54) is 5.57 Å². The minimum Gasteiger partial charge on any atom is -0.490 e. The van der Waals surface area contributed by atoms with E-state index in [9.17, 15) is 4.79 Å². The van der Waals surface area contributed by atoms with Crippen LogP contribution in [-0.4, -0.2) is 19.2 Å². The van der Waals surface area contributed by atoms with Crippen LogP contribution in [0.15, 0.2) is 35.9 Å². The fourth-order valence-corrected chi connectivity index (χ4v) is 1.73. The van der Waals surface area contributed by atoms with Crippen molar-refractivity contribution in [3.05, 3.63) is 41.5 Å². The van der Waals surface area contributed by atoms with Crippen molar-refractivity contribution in [1.82, 2.24) is 0 Å². The maximum absolute atomic E-state index is 11.4. The van der Waals surface area contributed by atoms with E-state index < -0.39 is 0 Å². The van der Waals surface area contributed by atoms with Crippen molar-refractivity contribution in [2.75, 3.05) is 13.2 Å². The van der Waals surface area contributed by atoms with Crippen LogP contribution >= 0.6 is 0 Å². The van der Waals surface area contributed by atoms with Crippen molar-refractivity contribution in [2.45, 2.75) is 40.5 Å². The first-order valence-electron chi connectivity index (χ1n) is 7.48. The van der Waals surface area contributed by atoms with Gasteiger partial charge in [0.25, 0.3) is 0 Å². The highest BCUT2D eigenvalue weighted by molar-refractivity contribution is 5.69. The Hall–Kier alpha value is -1.77. The number of carbonyl (C=O) groups is 1. The van der Waals surface area contributed by atoms with Gasteiger partial charge in [0, 0.05) is 12.8 Å². The monoisotopic (exact) mass is 290 g/mol. The smallest absolute Gasteiger partial charge is 0.306 e. The van der Waals surface area contributed by atoms with Crippen LogP contribution in [0.1, 0.15) is 39.7 Å². The Bertz CT molecular complexity index is 454. The summed E-state index contributed by atoms with van der Waals surface area (Å²) in [5.41, 5.74) is 2.39. The summed E-state index contributed by atoms with van der Waals surface area (Å²) in [4.78, 5) is 11.4.